The molecule has 0 saturated carbocycles. The lowest BCUT2D eigenvalue weighted by molar-refractivity contribution is 0.474. The standard InChI is InChI=1S/C18H23N3S2.HI/c1-19-18(20-12-17-8-5-11-22-17)21-10-9-15(13-21)14-23-16-6-3-2-4-7-16;/h2-8,11,15H,9-10,12-14H2,1H3,(H,19,20);1H. The van der Waals surface area contributed by atoms with E-state index in [2.05, 4.69) is 63.1 Å². The van der Waals surface area contributed by atoms with Gasteiger partial charge in [-0.3, -0.25) is 4.99 Å². The summed E-state index contributed by atoms with van der Waals surface area (Å²) in [5.74, 6) is 2.95. The maximum absolute atomic E-state index is 4.45. The molecule has 3 nitrogen and oxygen atoms in total. The van der Waals surface area contributed by atoms with Gasteiger partial charge in [0.1, 0.15) is 0 Å². The fourth-order valence-electron chi connectivity index (χ4n) is 2.80. The number of halogens is 1. The number of hydrogen-bond acceptors (Lipinski definition) is 3. The molecule has 0 radical (unpaired) electrons. The summed E-state index contributed by atoms with van der Waals surface area (Å²) >= 11 is 3.75. The number of likely N-dealkylation sites (tertiary alicyclic amines) is 1. The van der Waals surface area contributed by atoms with Crippen molar-refractivity contribution in [3.63, 3.8) is 0 Å². The van der Waals surface area contributed by atoms with Gasteiger partial charge in [-0.2, -0.15) is 0 Å². The highest BCUT2D eigenvalue weighted by Crippen LogP contribution is 2.25. The summed E-state index contributed by atoms with van der Waals surface area (Å²) < 4.78 is 0. The van der Waals surface area contributed by atoms with Crippen molar-refractivity contribution in [3.05, 3.63) is 52.7 Å². The number of nitrogens with one attached hydrogen (secondary N) is 1. The Morgan fingerprint density at radius 2 is 2.12 bits per heavy atom. The molecule has 1 aliphatic rings. The molecule has 1 saturated heterocycles. The molecule has 2 aromatic rings. The van der Waals surface area contributed by atoms with Crippen molar-refractivity contribution in [1.29, 1.82) is 0 Å². The molecule has 6 heteroatoms. The third-order valence-electron chi connectivity index (χ3n) is 4.03. The topological polar surface area (TPSA) is 27.6 Å². The molecule has 130 valence electrons. The fraction of sp³-hybridized carbons (Fsp3) is 0.389. The molecule has 24 heavy (non-hydrogen) atoms. The van der Waals surface area contributed by atoms with Crippen LogP contribution in [0.2, 0.25) is 0 Å². The monoisotopic (exact) mass is 473 g/mol. The Hall–Kier alpha value is -0.730. The normalized spacial score (nSPS) is 17.6. The van der Waals surface area contributed by atoms with E-state index in [-0.39, 0.29) is 24.0 Å². The van der Waals surface area contributed by atoms with Crippen molar-refractivity contribution in [2.45, 2.75) is 17.9 Å². The first-order valence-corrected chi connectivity index (χ1v) is 9.87. The molecule has 0 amide bonds. The van der Waals surface area contributed by atoms with Gasteiger partial charge in [-0.1, -0.05) is 24.3 Å². The number of aliphatic imine (C=N–C) groups is 1. The van der Waals surface area contributed by atoms with Gasteiger partial charge in [0.05, 0.1) is 6.54 Å². The van der Waals surface area contributed by atoms with Gasteiger partial charge in [0.15, 0.2) is 5.96 Å². The summed E-state index contributed by atoms with van der Waals surface area (Å²) in [5.41, 5.74) is 0. The van der Waals surface area contributed by atoms with E-state index in [0.29, 0.717) is 0 Å². The van der Waals surface area contributed by atoms with Crippen LogP contribution in [0.3, 0.4) is 0 Å². The lowest BCUT2D eigenvalue weighted by atomic mass is 10.2. The van der Waals surface area contributed by atoms with Crippen LogP contribution >= 0.6 is 47.1 Å². The minimum Gasteiger partial charge on any atom is -0.351 e. The first kappa shape index (κ1) is 19.6. The Bertz CT molecular complexity index is 616. The van der Waals surface area contributed by atoms with Crippen LogP contribution in [0.15, 0.2) is 57.7 Å². The number of benzene rings is 1. The molecular formula is C18H24IN3S2. The van der Waals surface area contributed by atoms with Gasteiger partial charge in [0, 0.05) is 35.7 Å². The molecule has 1 aromatic carbocycles. The summed E-state index contributed by atoms with van der Waals surface area (Å²) in [6.45, 7) is 3.07. The van der Waals surface area contributed by atoms with E-state index in [9.17, 15) is 0 Å². The molecule has 0 aliphatic carbocycles. The molecule has 0 spiro atoms. The zero-order chi connectivity index (χ0) is 15.9. The first-order chi connectivity index (χ1) is 11.3. The van der Waals surface area contributed by atoms with Gasteiger partial charge in [-0.15, -0.1) is 47.1 Å². The summed E-state index contributed by atoms with van der Waals surface area (Å²) in [5, 5.41) is 5.61. The summed E-state index contributed by atoms with van der Waals surface area (Å²) in [4.78, 5) is 9.56. The van der Waals surface area contributed by atoms with E-state index in [1.165, 1.54) is 21.9 Å². The maximum Gasteiger partial charge on any atom is 0.193 e. The fourth-order valence-corrected chi connectivity index (χ4v) is 4.50. The van der Waals surface area contributed by atoms with Crippen LogP contribution in [0.1, 0.15) is 11.3 Å². The van der Waals surface area contributed by atoms with E-state index in [1.807, 2.05) is 18.8 Å². The van der Waals surface area contributed by atoms with Gasteiger partial charge in [0.25, 0.3) is 0 Å². The number of rotatable bonds is 5. The second-order valence-electron chi connectivity index (χ2n) is 5.70. The van der Waals surface area contributed by atoms with E-state index < -0.39 is 0 Å². The highest BCUT2D eigenvalue weighted by Gasteiger charge is 2.24. The third-order valence-corrected chi connectivity index (χ3v) is 6.15. The molecule has 1 N–H and O–H groups in total. The number of nitrogens with zero attached hydrogens (tertiary/aromatic N) is 2. The summed E-state index contributed by atoms with van der Waals surface area (Å²) in [7, 11) is 1.88. The van der Waals surface area contributed by atoms with Crippen LogP contribution in [0.5, 0.6) is 0 Å². The second kappa shape index (κ2) is 10.3. The molecule has 2 heterocycles. The van der Waals surface area contributed by atoms with Crippen LogP contribution in [0.4, 0.5) is 0 Å². The first-order valence-electron chi connectivity index (χ1n) is 8.01. The zero-order valence-corrected chi connectivity index (χ0v) is 17.8. The van der Waals surface area contributed by atoms with Crippen LogP contribution in [-0.2, 0) is 6.54 Å². The van der Waals surface area contributed by atoms with Crippen molar-refractivity contribution in [2.24, 2.45) is 10.9 Å². The highest BCUT2D eigenvalue weighted by atomic mass is 127. The van der Waals surface area contributed by atoms with Crippen LogP contribution in [-0.4, -0.2) is 36.7 Å². The molecule has 1 atom stereocenters. The Balaban J connectivity index is 0.00000208. The highest BCUT2D eigenvalue weighted by molar-refractivity contribution is 14.0. The quantitative estimate of drug-likeness (QED) is 0.299. The van der Waals surface area contributed by atoms with Gasteiger partial charge >= 0.3 is 0 Å². The Morgan fingerprint density at radius 3 is 2.83 bits per heavy atom. The maximum atomic E-state index is 4.45. The van der Waals surface area contributed by atoms with Crippen molar-refractivity contribution >= 4 is 53.0 Å². The average molecular weight is 473 g/mol. The number of guanidine groups is 1. The Labute approximate surface area is 170 Å². The minimum atomic E-state index is 0. The largest absolute Gasteiger partial charge is 0.351 e. The molecule has 1 unspecified atom stereocenters. The lowest BCUT2D eigenvalue weighted by Gasteiger charge is -2.21. The van der Waals surface area contributed by atoms with Gasteiger partial charge in [-0.05, 0) is 35.9 Å². The minimum absolute atomic E-state index is 0. The SMILES string of the molecule is CN=C(NCc1cccs1)N1CCC(CSc2ccccc2)C1.I. The van der Waals surface area contributed by atoms with Gasteiger partial charge in [0.2, 0.25) is 0 Å². The molecular weight excluding hydrogens is 449 g/mol. The van der Waals surface area contributed by atoms with E-state index in [0.717, 1.165) is 31.5 Å². The molecule has 0 bridgehead atoms. The predicted molar refractivity (Wildman–Crippen MR) is 117 cm³/mol. The average Bonchev–Trinajstić information content (AvgIpc) is 3.26. The van der Waals surface area contributed by atoms with Crippen molar-refractivity contribution in [1.82, 2.24) is 10.2 Å². The van der Waals surface area contributed by atoms with Gasteiger partial charge < -0.3 is 10.2 Å². The smallest absolute Gasteiger partial charge is 0.193 e. The number of thioether (sulfide) groups is 1. The third kappa shape index (κ3) is 5.67. The van der Waals surface area contributed by atoms with Gasteiger partial charge in [-0.25, -0.2) is 0 Å². The molecule has 3 rings (SSSR count). The van der Waals surface area contributed by atoms with E-state index >= 15 is 0 Å². The zero-order valence-electron chi connectivity index (χ0n) is 13.9. The van der Waals surface area contributed by atoms with Crippen molar-refractivity contribution in [3.8, 4) is 0 Å². The second-order valence-corrected chi connectivity index (χ2v) is 7.83. The summed E-state index contributed by atoms with van der Waals surface area (Å²) in [6, 6.07) is 14.9. The Morgan fingerprint density at radius 1 is 1.29 bits per heavy atom. The van der Waals surface area contributed by atoms with Crippen LogP contribution < -0.4 is 5.32 Å². The lowest BCUT2D eigenvalue weighted by Crippen LogP contribution is -2.39. The van der Waals surface area contributed by atoms with Crippen LogP contribution in [0.25, 0.3) is 0 Å². The van der Waals surface area contributed by atoms with E-state index in [4.69, 9.17) is 0 Å². The van der Waals surface area contributed by atoms with Crippen molar-refractivity contribution in [2.75, 3.05) is 25.9 Å². The Kier molecular flexibility index (Phi) is 8.41. The van der Waals surface area contributed by atoms with E-state index in [1.54, 1.807) is 11.3 Å². The molecule has 1 fully saturated rings. The molecule has 1 aromatic heterocycles. The molecule has 1 aliphatic heterocycles. The van der Waals surface area contributed by atoms with Crippen LogP contribution in [0, 0.1) is 5.92 Å². The number of thiophene rings is 1. The summed E-state index contributed by atoms with van der Waals surface area (Å²) in [6.07, 6.45) is 1.25. The van der Waals surface area contributed by atoms with Crippen molar-refractivity contribution < 1.29 is 0 Å². The predicted octanol–water partition coefficient (Wildman–Crippen LogP) is 4.56. The number of hydrogen-bond donors (Lipinski definition) is 1.